The highest BCUT2D eigenvalue weighted by molar-refractivity contribution is 8.24. The van der Waals surface area contributed by atoms with Crippen LogP contribution in [-0.2, 0) is 0 Å². The van der Waals surface area contributed by atoms with Crippen LogP contribution in [0, 0.1) is 0 Å². The van der Waals surface area contributed by atoms with Gasteiger partial charge in [-0.1, -0.05) is 54.6 Å². The third-order valence-corrected chi connectivity index (χ3v) is 14.5. The lowest BCUT2D eigenvalue weighted by Gasteiger charge is -2.52. The molecule has 0 aromatic heterocycles. The van der Waals surface area contributed by atoms with E-state index in [1.807, 2.05) is 91.0 Å². The zero-order chi connectivity index (χ0) is 21.1. The predicted molar refractivity (Wildman–Crippen MR) is 137 cm³/mol. The second kappa shape index (κ2) is 10.0. The summed E-state index contributed by atoms with van der Waals surface area (Å²) >= 11 is 40.2. The number of hydrogen-bond acceptors (Lipinski definition) is 0. The van der Waals surface area contributed by atoms with Crippen molar-refractivity contribution in [2.75, 3.05) is 0 Å². The van der Waals surface area contributed by atoms with Crippen LogP contribution in [0.5, 0.6) is 0 Å². The number of halogens is 6. The Morgan fingerprint density at radius 2 is 0.690 bits per heavy atom. The lowest BCUT2D eigenvalue weighted by molar-refractivity contribution is 1.51. The summed E-state index contributed by atoms with van der Waals surface area (Å²) in [5.41, 5.74) is 0. The Morgan fingerprint density at radius 3 is 0.897 bits per heavy atom. The summed E-state index contributed by atoms with van der Waals surface area (Å²) in [6, 6.07) is 30.0. The molecule has 29 heavy (non-hydrogen) atoms. The largest absolute Gasteiger partial charge is 0.276 e. The van der Waals surface area contributed by atoms with Crippen LogP contribution in [0.25, 0.3) is 0 Å². The van der Waals surface area contributed by atoms with Crippen LogP contribution in [0.1, 0.15) is 0 Å². The van der Waals surface area contributed by atoms with Crippen molar-refractivity contribution in [1.29, 1.82) is 0 Å². The summed E-state index contributed by atoms with van der Waals surface area (Å²) in [4.78, 5) is 0. The Labute approximate surface area is 202 Å². The first kappa shape index (κ1) is 23.6. The van der Waals surface area contributed by atoms with Crippen molar-refractivity contribution < 1.29 is 0 Å². The number of rotatable bonds is 7. The normalized spacial score (nSPS) is 12.7. The van der Waals surface area contributed by atoms with Gasteiger partial charge in [0.2, 0.25) is 0 Å². The van der Waals surface area contributed by atoms with Crippen molar-refractivity contribution in [2.45, 2.75) is 14.2 Å². The first-order chi connectivity index (χ1) is 13.9. The average Bonchev–Trinajstić information content (AvgIpc) is 2.73. The fourth-order valence-electron chi connectivity index (χ4n) is 4.05. The van der Waals surface area contributed by atoms with E-state index in [-0.39, 0.29) is 0 Å². The van der Waals surface area contributed by atoms with Crippen LogP contribution in [-0.4, -0.2) is 20.1 Å². The smallest absolute Gasteiger partial charge is 0.144 e. The number of hydrogen-bond donors (Lipinski definition) is 0. The Kier molecular flexibility index (Phi) is 8.13. The van der Waals surface area contributed by atoms with Gasteiger partial charge >= 0.3 is 0 Å². The van der Waals surface area contributed by atoms with Crippen molar-refractivity contribution in [3.05, 3.63) is 91.0 Å². The van der Waals surface area contributed by atoms with E-state index in [1.165, 1.54) is 0 Å². The highest BCUT2D eigenvalue weighted by Crippen LogP contribution is 2.70. The van der Waals surface area contributed by atoms with Gasteiger partial charge in [0.05, 0.1) is 15.9 Å². The summed E-state index contributed by atoms with van der Waals surface area (Å²) in [6.45, 7) is 0. The van der Waals surface area contributed by atoms with E-state index in [0.717, 1.165) is 15.9 Å². The van der Waals surface area contributed by atoms with Gasteiger partial charge in [-0.05, 0) is 43.5 Å². The molecule has 3 rings (SSSR count). The molecular weight excluding hydrogens is 507 g/mol. The van der Waals surface area contributed by atoms with E-state index in [1.54, 1.807) is 0 Å². The van der Waals surface area contributed by atoms with Crippen LogP contribution in [0.15, 0.2) is 91.0 Å². The van der Waals surface area contributed by atoms with Crippen molar-refractivity contribution in [2.24, 2.45) is 0 Å². The fourth-order valence-corrected chi connectivity index (χ4v) is 15.1. The van der Waals surface area contributed by atoms with Gasteiger partial charge in [-0.3, -0.25) is 0 Å². The van der Waals surface area contributed by atoms with E-state index in [2.05, 4.69) is 0 Å². The molecule has 152 valence electrons. The third kappa shape index (κ3) is 3.94. The standard InChI is InChI=1S/C21H18BCl6P/c23-19(24)22(20(25)26,21(27)28)29(16-10-4-1-5-11-16,17-12-6-2-7-13-17)18-14-8-3-9-15-18/h1-15,19-21H. The van der Waals surface area contributed by atoms with E-state index < -0.39 is 27.2 Å². The van der Waals surface area contributed by atoms with Gasteiger partial charge in [0.1, 0.15) is 0 Å². The maximum absolute atomic E-state index is 6.71. The molecule has 0 bridgehead atoms. The minimum absolute atomic E-state index is 0.982. The van der Waals surface area contributed by atoms with Crippen LogP contribution < -0.4 is 15.9 Å². The topological polar surface area (TPSA) is 0 Å². The van der Waals surface area contributed by atoms with Gasteiger partial charge in [0, 0.05) is 14.2 Å². The summed E-state index contributed by atoms with van der Waals surface area (Å²) in [7, 11) is -2.69. The molecule has 0 aliphatic rings. The molecule has 0 aliphatic heterocycles. The third-order valence-electron chi connectivity index (χ3n) is 5.37. The molecule has 0 nitrogen and oxygen atoms in total. The molecule has 0 saturated heterocycles. The van der Waals surface area contributed by atoms with Crippen LogP contribution in [0.4, 0.5) is 0 Å². The van der Waals surface area contributed by atoms with Crippen molar-refractivity contribution in [1.82, 2.24) is 0 Å². The lowest BCUT2D eigenvalue weighted by atomic mass is 9.52. The molecule has 0 N–H and O–H groups in total. The van der Waals surface area contributed by atoms with Gasteiger partial charge in [0.25, 0.3) is 5.87 Å². The second-order valence-electron chi connectivity index (χ2n) is 6.76. The van der Waals surface area contributed by atoms with Crippen LogP contribution >= 0.6 is 76.7 Å². The summed E-state index contributed by atoms with van der Waals surface area (Å²) < 4.78 is -2.95. The number of alkyl halides is 6. The fraction of sp³-hybridized carbons (Fsp3) is 0.143. The SMILES string of the molecule is ClC(Cl)[B-](C(Cl)Cl)(C(Cl)Cl)[P+](c1ccccc1)(c1ccccc1)c1ccccc1. The van der Waals surface area contributed by atoms with Crippen molar-refractivity contribution in [3.63, 3.8) is 0 Å². The maximum atomic E-state index is 6.71. The molecule has 0 aliphatic carbocycles. The Morgan fingerprint density at radius 1 is 0.448 bits per heavy atom. The van der Waals surface area contributed by atoms with Crippen LogP contribution in [0.3, 0.4) is 0 Å². The van der Waals surface area contributed by atoms with Crippen molar-refractivity contribution >= 4 is 98.5 Å². The maximum Gasteiger partial charge on any atom is 0.276 e. The predicted octanol–water partition coefficient (Wildman–Crippen LogP) is 6.95. The molecule has 0 heterocycles. The molecule has 0 saturated carbocycles. The van der Waals surface area contributed by atoms with Gasteiger partial charge in [-0.15, -0.1) is 69.6 Å². The molecule has 0 atom stereocenters. The molecule has 0 unspecified atom stereocenters. The first-order valence-corrected chi connectivity index (χ1v) is 13.4. The molecule has 3 aromatic carbocycles. The van der Waals surface area contributed by atoms with E-state index in [0.29, 0.717) is 0 Å². The highest BCUT2D eigenvalue weighted by Gasteiger charge is 2.67. The Bertz CT molecular complexity index is 788. The Hall–Kier alpha value is -0.105. The van der Waals surface area contributed by atoms with Gasteiger partial charge in [-0.25, -0.2) is 0 Å². The quantitative estimate of drug-likeness (QED) is 0.178. The molecule has 3 aromatic rings. The zero-order valence-electron chi connectivity index (χ0n) is 15.2. The Balaban J connectivity index is 2.59. The molecule has 0 radical (unpaired) electrons. The molecule has 0 fully saturated rings. The summed E-state index contributed by atoms with van der Waals surface area (Å²) in [5.74, 6) is -2.20. The first-order valence-electron chi connectivity index (χ1n) is 8.97. The minimum Gasteiger partial charge on any atom is -0.144 e. The number of benzene rings is 3. The van der Waals surface area contributed by atoms with E-state index in [9.17, 15) is 0 Å². The van der Waals surface area contributed by atoms with E-state index in [4.69, 9.17) is 69.6 Å². The summed E-state index contributed by atoms with van der Waals surface area (Å²) in [6.07, 6.45) is 0. The lowest BCUT2D eigenvalue weighted by Crippen LogP contribution is -2.64. The van der Waals surface area contributed by atoms with Gasteiger partial charge in [-0.2, -0.15) is 0 Å². The van der Waals surface area contributed by atoms with Gasteiger partial charge in [0.15, 0.2) is 0 Å². The summed E-state index contributed by atoms with van der Waals surface area (Å²) in [5, 5.41) is 3.05. The monoisotopic (exact) mass is 522 g/mol. The van der Waals surface area contributed by atoms with E-state index >= 15 is 0 Å². The van der Waals surface area contributed by atoms with Gasteiger partial charge < -0.3 is 0 Å². The second-order valence-corrected chi connectivity index (χ2v) is 14.1. The van der Waals surface area contributed by atoms with Crippen LogP contribution in [0.2, 0.25) is 0 Å². The molecular formula is C21H18BCl6P. The molecule has 0 amide bonds. The zero-order valence-corrected chi connectivity index (χ0v) is 20.6. The average molecular weight is 525 g/mol. The minimum atomic E-state index is -2.69. The molecule has 8 heteroatoms. The highest BCUT2D eigenvalue weighted by atomic mass is 35.5. The van der Waals surface area contributed by atoms with Crippen molar-refractivity contribution in [3.8, 4) is 0 Å². The molecule has 0 spiro atoms.